The van der Waals surface area contributed by atoms with Crippen LogP contribution in [0.15, 0.2) is 4.99 Å². The Kier molecular flexibility index (Phi) is 9.71. The van der Waals surface area contributed by atoms with Gasteiger partial charge in [-0.15, -0.1) is 24.0 Å². The minimum absolute atomic E-state index is 0. The number of aliphatic imine (C=N–C) groups is 1. The molecule has 2 fully saturated rings. The molecule has 0 aromatic rings. The van der Waals surface area contributed by atoms with Gasteiger partial charge in [0.05, 0.1) is 0 Å². The smallest absolute Gasteiger partial charge is 0.191 e. The largest absolute Gasteiger partial charge is 0.370 e. The number of likely N-dealkylation sites (tertiary alicyclic amines) is 2. The molecule has 0 radical (unpaired) electrons. The fourth-order valence-electron chi connectivity index (χ4n) is 3.26. The maximum Gasteiger partial charge on any atom is 0.191 e. The third kappa shape index (κ3) is 7.02. The molecule has 0 aromatic carbocycles. The number of unbranched alkanes of at least 4 members (excludes halogenated alkanes) is 1. The lowest BCUT2D eigenvalue weighted by Gasteiger charge is -2.31. The summed E-state index contributed by atoms with van der Waals surface area (Å²) in [7, 11) is 0. The molecule has 2 aliphatic rings. The Balaban J connectivity index is 0.00000242. The van der Waals surface area contributed by atoms with E-state index in [4.69, 9.17) is 5.73 Å². The van der Waals surface area contributed by atoms with Gasteiger partial charge in [-0.1, -0.05) is 13.8 Å². The lowest BCUT2D eigenvalue weighted by atomic mass is 9.99. The van der Waals surface area contributed by atoms with E-state index in [1.54, 1.807) is 0 Å². The summed E-state index contributed by atoms with van der Waals surface area (Å²) < 4.78 is 0. The molecular formula is C17H35IN4. The molecule has 5 heteroatoms. The van der Waals surface area contributed by atoms with Crippen molar-refractivity contribution in [3.8, 4) is 0 Å². The van der Waals surface area contributed by atoms with Crippen LogP contribution in [0, 0.1) is 11.8 Å². The van der Waals surface area contributed by atoms with E-state index >= 15 is 0 Å². The Hall–Kier alpha value is -0.0400. The summed E-state index contributed by atoms with van der Waals surface area (Å²) in [5, 5.41) is 0. The summed E-state index contributed by atoms with van der Waals surface area (Å²) in [4.78, 5) is 9.44. The van der Waals surface area contributed by atoms with Crippen LogP contribution in [-0.2, 0) is 0 Å². The molecule has 4 nitrogen and oxygen atoms in total. The minimum atomic E-state index is 0. The monoisotopic (exact) mass is 422 g/mol. The van der Waals surface area contributed by atoms with Crippen LogP contribution in [-0.4, -0.2) is 55.0 Å². The molecule has 0 amide bonds. The number of guanidine groups is 1. The van der Waals surface area contributed by atoms with E-state index in [-0.39, 0.29) is 24.0 Å². The first kappa shape index (κ1) is 20.0. The zero-order chi connectivity index (χ0) is 15.1. The molecule has 0 saturated carbocycles. The molecule has 0 atom stereocenters. The van der Waals surface area contributed by atoms with E-state index in [1.807, 2.05) is 0 Å². The van der Waals surface area contributed by atoms with E-state index in [9.17, 15) is 0 Å². The average Bonchev–Trinajstić information content (AvgIpc) is 2.49. The number of hydrogen-bond acceptors (Lipinski definition) is 2. The zero-order valence-electron chi connectivity index (χ0n) is 14.5. The van der Waals surface area contributed by atoms with Gasteiger partial charge in [-0.05, 0) is 70.0 Å². The number of nitrogens with two attached hydrogens (primary N) is 1. The number of hydrogen-bond donors (Lipinski definition) is 1. The summed E-state index contributed by atoms with van der Waals surface area (Å²) in [5.41, 5.74) is 6.10. The van der Waals surface area contributed by atoms with Crippen molar-refractivity contribution in [2.75, 3.05) is 39.3 Å². The first-order valence-corrected chi connectivity index (χ1v) is 8.92. The SMILES string of the molecule is CC1CCN(CCCCN=C(N)N2CCC(C)CC2)CC1.I. The molecule has 2 aliphatic heterocycles. The quantitative estimate of drug-likeness (QED) is 0.321. The fourth-order valence-corrected chi connectivity index (χ4v) is 3.26. The van der Waals surface area contributed by atoms with Crippen LogP contribution in [0.2, 0.25) is 0 Å². The second kappa shape index (κ2) is 10.7. The lowest BCUT2D eigenvalue weighted by Crippen LogP contribution is -2.42. The van der Waals surface area contributed by atoms with E-state index in [2.05, 4.69) is 28.6 Å². The summed E-state index contributed by atoms with van der Waals surface area (Å²) in [6.07, 6.45) is 7.67. The van der Waals surface area contributed by atoms with E-state index < -0.39 is 0 Å². The fraction of sp³-hybridized carbons (Fsp3) is 0.941. The highest BCUT2D eigenvalue weighted by atomic mass is 127. The summed E-state index contributed by atoms with van der Waals surface area (Å²) in [6, 6.07) is 0. The molecule has 0 unspecified atom stereocenters. The number of nitrogens with zero attached hydrogens (tertiary/aromatic N) is 3. The molecule has 0 spiro atoms. The van der Waals surface area contributed by atoms with Crippen LogP contribution in [0.25, 0.3) is 0 Å². The van der Waals surface area contributed by atoms with Gasteiger partial charge >= 0.3 is 0 Å². The summed E-state index contributed by atoms with van der Waals surface area (Å²) in [5.74, 6) is 2.55. The van der Waals surface area contributed by atoms with E-state index in [0.717, 1.165) is 43.9 Å². The molecule has 2 N–H and O–H groups in total. The highest BCUT2D eigenvalue weighted by Crippen LogP contribution is 2.16. The van der Waals surface area contributed by atoms with Crippen LogP contribution in [0.5, 0.6) is 0 Å². The molecule has 0 bridgehead atoms. The Morgan fingerprint density at radius 3 is 2.09 bits per heavy atom. The van der Waals surface area contributed by atoms with Gasteiger partial charge in [-0.3, -0.25) is 4.99 Å². The normalized spacial score (nSPS) is 22.6. The molecule has 0 aromatic heterocycles. The Labute approximate surface area is 153 Å². The van der Waals surface area contributed by atoms with E-state index in [1.165, 1.54) is 51.7 Å². The highest BCUT2D eigenvalue weighted by Gasteiger charge is 2.17. The van der Waals surface area contributed by atoms with Crippen molar-refractivity contribution in [2.24, 2.45) is 22.6 Å². The van der Waals surface area contributed by atoms with E-state index in [0.29, 0.717) is 0 Å². The van der Waals surface area contributed by atoms with Gasteiger partial charge in [0.25, 0.3) is 0 Å². The standard InChI is InChI=1S/C17H34N4.HI/c1-15-5-11-20(12-6-15)10-4-3-9-19-17(18)21-13-7-16(2)8-14-21;/h15-16H,3-14H2,1-2H3,(H2,18,19);1H. The Morgan fingerprint density at radius 1 is 0.955 bits per heavy atom. The van der Waals surface area contributed by atoms with Gasteiger partial charge < -0.3 is 15.5 Å². The van der Waals surface area contributed by atoms with Crippen LogP contribution in [0.3, 0.4) is 0 Å². The number of rotatable bonds is 5. The van der Waals surface area contributed by atoms with Crippen LogP contribution < -0.4 is 5.73 Å². The maximum atomic E-state index is 6.10. The molecule has 0 aliphatic carbocycles. The zero-order valence-corrected chi connectivity index (χ0v) is 16.8. The van der Waals surface area contributed by atoms with Gasteiger partial charge in [-0.25, -0.2) is 0 Å². The Morgan fingerprint density at radius 2 is 1.50 bits per heavy atom. The third-order valence-electron chi connectivity index (χ3n) is 5.14. The van der Waals surface area contributed by atoms with Crippen molar-refractivity contribution in [1.29, 1.82) is 0 Å². The van der Waals surface area contributed by atoms with Crippen molar-refractivity contribution in [2.45, 2.75) is 52.4 Å². The molecule has 2 rings (SSSR count). The molecule has 2 heterocycles. The number of piperidine rings is 2. The van der Waals surface area contributed by atoms with Crippen LogP contribution in [0.1, 0.15) is 52.4 Å². The van der Waals surface area contributed by atoms with Crippen LogP contribution in [0.4, 0.5) is 0 Å². The highest BCUT2D eigenvalue weighted by molar-refractivity contribution is 14.0. The van der Waals surface area contributed by atoms with Crippen molar-refractivity contribution in [1.82, 2.24) is 9.80 Å². The van der Waals surface area contributed by atoms with Crippen molar-refractivity contribution in [3.63, 3.8) is 0 Å². The predicted octanol–water partition coefficient (Wildman–Crippen LogP) is 3.16. The van der Waals surface area contributed by atoms with Gasteiger partial charge in [-0.2, -0.15) is 0 Å². The van der Waals surface area contributed by atoms with Gasteiger partial charge in [0.2, 0.25) is 0 Å². The predicted molar refractivity (Wildman–Crippen MR) is 106 cm³/mol. The third-order valence-corrected chi connectivity index (χ3v) is 5.14. The average molecular weight is 422 g/mol. The maximum absolute atomic E-state index is 6.10. The molecule has 22 heavy (non-hydrogen) atoms. The van der Waals surface area contributed by atoms with Gasteiger partial charge in [0.1, 0.15) is 0 Å². The first-order chi connectivity index (χ1) is 10.1. The van der Waals surface area contributed by atoms with Crippen molar-refractivity contribution < 1.29 is 0 Å². The second-order valence-electron chi connectivity index (χ2n) is 7.14. The topological polar surface area (TPSA) is 44.9 Å². The number of halogens is 1. The minimum Gasteiger partial charge on any atom is -0.370 e. The summed E-state index contributed by atoms with van der Waals surface area (Å²) in [6.45, 7) is 11.6. The first-order valence-electron chi connectivity index (χ1n) is 8.92. The Bertz CT molecular complexity index is 319. The molecule has 130 valence electrons. The van der Waals surface area contributed by atoms with Crippen LogP contribution >= 0.6 is 24.0 Å². The van der Waals surface area contributed by atoms with Crippen molar-refractivity contribution in [3.05, 3.63) is 0 Å². The molecular weight excluding hydrogens is 387 g/mol. The summed E-state index contributed by atoms with van der Waals surface area (Å²) >= 11 is 0. The van der Waals surface area contributed by atoms with Gasteiger partial charge in [0.15, 0.2) is 5.96 Å². The lowest BCUT2D eigenvalue weighted by molar-refractivity contribution is 0.190. The molecule has 2 saturated heterocycles. The van der Waals surface area contributed by atoms with Gasteiger partial charge in [0, 0.05) is 19.6 Å². The van der Waals surface area contributed by atoms with Crippen molar-refractivity contribution >= 4 is 29.9 Å². The second-order valence-corrected chi connectivity index (χ2v) is 7.14.